The molecule has 1 aromatic rings. The second-order valence-electron chi connectivity index (χ2n) is 9.55. The fourth-order valence-electron chi connectivity index (χ4n) is 3.85. The van der Waals surface area contributed by atoms with Crippen molar-refractivity contribution in [3.63, 3.8) is 0 Å². The van der Waals surface area contributed by atoms with Crippen LogP contribution in [0.4, 0.5) is 4.79 Å². The minimum Gasteiger partial charge on any atom is -0.461 e. The number of ether oxygens (including phenoxy) is 1. The Hall–Kier alpha value is -2.24. The summed E-state index contributed by atoms with van der Waals surface area (Å²) >= 11 is 0. The van der Waals surface area contributed by atoms with Crippen molar-refractivity contribution in [3.05, 3.63) is 29.7 Å². The van der Waals surface area contributed by atoms with Crippen LogP contribution in [0.3, 0.4) is 0 Å². The zero-order valence-electron chi connectivity index (χ0n) is 18.3. The summed E-state index contributed by atoms with van der Waals surface area (Å²) in [5, 5.41) is 0. The molecular weight excluding hydrogens is 368 g/mol. The van der Waals surface area contributed by atoms with Crippen LogP contribution in [-0.2, 0) is 9.53 Å². The van der Waals surface area contributed by atoms with E-state index in [4.69, 9.17) is 9.15 Å². The molecule has 160 valence electrons. The Morgan fingerprint density at radius 2 is 2.07 bits per heavy atom. The third kappa shape index (κ3) is 6.12. The van der Waals surface area contributed by atoms with E-state index in [0.29, 0.717) is 24.9 Å². The van der Waals surface area contributed by atoms with Gasteiger partial charge in [-0.25, -0.2) is 4.79 Å². The van der Waals surface area contributed by atoms with Gasteiger partial charge in [0, 0.05) is 38.7 Å². The molecule has 2 heterocycles. The maximum atomic E-state index is 12.6. The first-order chi connectivity index (χ1) is 13.6. The van der Waals surface area contributed by atoms with Crippen molar-refractivity contribution in [1.82, 2.24) is 9.80 Å². The van der Waals surface area contributed by atoms with Crippen molar-refractivity contribution >= 4 is 18.1 Å². The first kappa shape index (κ1) is 21.5. The van der Waals surface area contributed by atoms with Gasteiger partial charge in [0.2, 0.25) is 5.91 Å². The minimum absolute atomic E-state index is 0.00707. The summed E-state index contributed by atoms with van der Waals surface area (Å²) in [7, 11) is 1.75. The monoisotopic (exact) mass is 402 g/mol. The van der Waals surface area contributed by atoms with Crippen molar-refractivity contribution in [1.29, 1.82) is 0 Å². The lowest BCUT2D eigenvalue weighted by Gasteiger charge is -2.34. The Labute approximate surface area is 173 Å². The zero-order valence-corrected chi connectivity index (χ0v) is 18.3. The molecule has 6 heteroatoms. The molecule has 6 nitrogen and oxygen atoms in total. The van der Waals surface area contributed by atoms with Crippen LogP contribution in [0.25, 0.3) is 6.08 Å². The Morgan fingerprint density at radius 1 is 1.34 bits per heavy atom. The van der Waals surface area contributed by atoms with Gasteiger partial charge in [0.1, 0.15) is 17.1 Å². The minimum atomic E-state index is -0.506. The van der Waals surface area contributed by atoms with Gasteiger partial charge in [-0.1, -0.05) is 6.92 Å². The summed E-state index contributed by atoms with van der Waals surface area (Å²) in [4.78, 5) is 28.3. The Morgan fingerprint density at radius 3 is 2.72 bits per heavy atom. The summed E-state index contributed by atoms with van der Waals surface area (Å²) in [6, 6.07) is 3.95. The van der Waals surface area contributed by atoms with Crippen LogP contribution in [0.15, 0.2) is 22.6 Å². The van der Waals surface area contributed by atoms with E-state index >= 15 is 0 Å². The van der Waals surface area contributed by atoms with Gasteiger partial charge in [0.25, 0.3) is 0 Å². The lowest BCUT2D eigenvalue weighted by Crippen LogP contribution is -2.44. The van der Waals surface area contributed by atoms with Gasteiger partial charge in [-0.3, -0.25) is 4.79 Å². The first-order valence-corrected chi connectivity index (χ1v) is 10.6. The number of likely N-dealkylation sites (tertiary alicyclic amines) is 1. The van der Waals surface area contributed by atoms with Crippen molar-refractivity contribution in [2.75, 3.05) is 26.7 Å². The maximum absolute atomic E-state index is 12.6. The fraction of sp³-hybridized carbons (Fsp3) is 0.652. The third-order valence-corrected chi connectivity index (χ3v) is 5.58. The first-order valence-electron chi connectivity index (χ1n) is 10.6. The average molecular weight is 403 g/mol. The lowest BCUT2D eigenvalue weighted by molar-refractivity contribution is -0.127. The van der Waals surface area contributed by atoms with Crippen LogP contribution in [0.2, 0.25) is 0 Å². The molecule has 0 radical (unpaired) electrons. The van der Waals surface area contributed by atoms with Crippen LogP contribution in [0.5, 0.6) is 0 Å². The van der Waals surface area contributed by atoms with Crippen LogP contribution < -0.4 is 0 Å². The Bertz CT molecular complexity index is 761. The molecule has 29 heavy (non-hydrogen) atoms. The van der Waals surface area contributed by atoms with E-state index in [1.165, 1.54) is 6.42 Å². The van der Waals surface area contributed by atoms with E-state index in [-0.39, 0.29) is 17.9 Å². The molecule has 1 aliphatic heterocycles. The number of hydrogen-bond acceptors (Lipinski definition) is 4. The van der Waals surface area contributed by atoms with Crippen molar-refractivity contribution in [3.8, 4) is 0 Å². The molecule has 2 aliphatic rings. The number of nitrogens with zero attached hydrogens (tertiary/aromatic N) is 2. The lowest BCUT2D eigenvalue weighted by atomic mass is 9.97. The summed E-state index contributed by atoms with van der Waals surface area (Å²) < 4.78 is 11.3. The molecular formula is C23H34N2O4. The van der Waals surface area contributed by atoms with Gasteiger partial charge in [-0.15, -0.1) is 0 Å². The standard InChI is InChI=1S/C23H34N2O4/c1-16-13-19(16)20-10-8-18(28-20)9-11-21(26)25-12-6-7-17(15-25)14-24(5)22(27)29-23(2,3)4/h8-11,16-17,19H,6-7,12-15H2,1-5H3. The highest BCUT2D eigenvalue weighted by atomic mass is 16.6. The second kappa shape index (κ2) is 8.64. The molecule has 3 atom stereocenters. The van der Waals surface area contributed by atoms with E-state index in [9.17, 15) is 9.59 Å². The highest BCUT2D eigenvalue weighted by Crippen LogP contribution is 2.47. The number of hydrogen-bond donors (Lipinski definition) is 0. The normalized spacial score (nSPS) is 24.6. The highest BCUT2D eigenvalue weighted by molar-refractivity contribution is 5.91. The van der Waals surface area contributed by atoms with Crippen LogP contribution in [0, 0.1) is 11.8 Å². The predicted molar refractivity (Wildman–Crippen MR) is 112 cm³/mol. The second-order valence-corrected chi connectivity index (χ2v) is 9.55. The van der Waals surface area contributed by atoms with Gasteiger partial charge < -0.3 is 19.0 Å². The fourth-order valence-corrected chi connectivity index (χ4v) is 3.85. The molecule has 1 saturated heterocycles. The van der Waals surface area contributed by atoms with Crippen molar-refractivity contribution in [2.24, 2.45) is 11.8 Å². The van der Waals surface area contributed by atoms with Gasteiger partial charge in [0.15, 0.2) is 0 Å². The van der Waals surface area contributed by atoms with Gasteiger partial charge >= 0.3 is 6.09 Å². The van der Waals surface area contributed by atoms with Gasteiger partial charge in [-0.05, 0) is 70.1 Å². The molecule has 0 aromatic carbocycles. The van der Waals surface area contributed by atoms with E-state index in [2.05, 4.69) is 6.92 Å². The Kier molecular flexibility index (Phi) is 6.39. The number of rotatable bonds is 5. The van der Waals surface area contributed by atoms with Crippen LogP contribution in [-0.4, -0.2) is 54.1 Å². The molecule has 1 saturated carbocycles. The number of amides is 2. The summed E-state index contributed by atoms with van der Waals surface area (Å²) in [5.74, 6) is 3.23. The van der Waals surface area contributed by atoms with E-state index in [1.54, 1.807) is 24.1 Å². The molecule has 0 spiro atoms. The molecule has 0 bridgehead atoms. The molecule has 2 amide bonds. The number of furan rings is 1. The van der Waals surface area contributed by atoms with E-state index < -0.39 is 5.60 Å². The van der Waals surface area contributed by atoms with E-state index in [0.717, 1.165) is 30.9 Å². The predicted octanol–water partition coefficient (Wildman–Crippen LogP) is 4.52. The summed E-state index contributed by atoms with van der Waals surface area (Å²) in [6.45, 7) is 9.79. The smallest absolute Gasteiger partial charge is 0.410 e. The van der Waals surface area contributed by atoms with Crippen molar-refractivity contribution in [2.45, 2.75) is 58.5 Å². The number of carbonyl (C=O) groups is 2. The third-order valence-electron chi connectivity index (χ3n) is 5.58. The number of piperidine rings is 1. The van der Waals surface area contributed by atoms with Gasteiger partial charge in [0.05, 0.1) is 0 Å². The highest BCUT2D eigenvalue weighted by Gasteiger charge is 2.36. The molecule has 1 aliphatic carbocycles. The molecule has 3 rings (SSSR count). The molecule has 1 aromatic heterocycles. The molecule has 3 unspecified atom stereocenters. The number of carbonyl (C=O) groups excluding carboxylic acids is 2. The van der Waals surface area contributed by atoms with Crippen molar-refractivity contribution < 1.29 is 18.7 Å². The largest absolute Gasteiger partial charge is 0.461 e. The molecule has 2 fully saturated rings. The van der Waals surface area contributed by atoms with E-state index in [1.807, 2.05) is 37.8 Å². The van der Waals surface area contributed by atoms with Crippen LogP contribution >= 0.6 is 0 Å². The maximum Gasteiger partial charge on any atom is 0.410 e. The molecule has 0 N–H and O–H groups in total. The SMILES string of the molecule is CC1CC1c1ccc(C=CC(=O)N2CCCC(CN(C)C(=O)OC(C)(C)C)C2)o1. The summed E-state index contributed by atoms with van der Waals surface area (Å²) in [6.07, 6.45) is 6.16. The summed E-state index contributed by atoms with van der Waals surface area (Å²) in [5.41, 5.74) is -0.506. The van der Waals surface area contributed by atoms with Crippen LogP contribution in [0.1, 0.15) is 64.4 Å². The zero-order chi connectivity index (χ0) is 21.2. The quantitative estimate of drug-likeness (QED) is 0.679. The topological polar surface area (TPSA) is 63.0 Å². The Balaban J connectivity index is 1.50. The average Bonchev–Trinajstić information content (AvgIpc) is 3.18. The van der Waals surface area contributed by atoms with Gasteiger partial charge in [-0.2, -0.15) is 0 Å².